The fourth-order valence-corrected chi connectivity index (χ4v) is 1.46. The van der Waals surface area contributed by atoms with Crippen LogP contribution in [0.25, 0.3) is 0 Å². The van der Waals surface area contributed by atoms with Gasteiger partial charge in [-0.2, -0.15) is 0 Å². The Morgan fingerprint density at radius 2 is 1.88 bits per heavy atom. The first-order valence-corrected chi connectivity index (χ1v) is 6.04. The summed E-state index contributed by atoms with van der Waals surface area (Å²) in [5, 5.41) is 0. The van der Waals surface area contributed by atoms with Gasteiger partial charge in [0.15, 0.2) is 0 Å². The predicted molar refractivity (Wildman–Crippen MR) is 67.3 cm³/mol. The molecule has 1 unspecified atom stereocenters. The van der Waals surface area contributed by atoms with Crippen LogP contribution in [-0.2, 0) is 9.53 Å². The van der Waals surface area contributed by atoms with Crippen LogP contribution >= 0.6 is 0 Å². The van der Waals surface area contributed by atoms with Gasteiger partial charge in [0.1, 0.15) is 0 Å². The Morgan fingerprint density at radius 1 is 1.38 bits per heavy atom. The molecule has 0 aromatic heterocycles. The first-order valence-electron chi connectivity index (χ1n) is 6.04. The van der Waals surface area contributed by atoms with Gasteiger partial charge in [0.2, 0.25) is 6.41 Å². The SMILES string of the molecule is CC(C)C1CCN(C=O)C1.COC(C)(C)C. The van der Waals surface area contributed by atoms with Crippen molar-refractivity contribution in [1.82, 2.24) is 4.90 Å². The molecule has 0 bridgehead atoms. The molecule has 1 aliphatic rings. The maximum absolute atomic E-state index is 10.3. The van der Waals surface area contributed by atoms with Crippen LogP contribution in [0.4, 0.5) is 0 Å². The van der Waals surface area contributed by atoms with Crippen LogP contribution < -0.4 is 0 Å². The molecule has 96 valence electrons. The molecule has 1 aliphatic heterocycles. The fourth-order valence-electron chi connectivity index (χ4n) is 1.46. The molecule has 0 aliphatic carbocycles. The zero-order valence-electron chi connectivity index (χ0n) is 11.6. The Morgan fingerprint density at radius 3 is 2.06 bits per heavy atom. The minimum Gasteiger partial charge on any atom is -0.379 e. The number of ether oxygens (including phenoxy) is 1. The molecule has 1 atom stereocenters. The molecule has 1 fully saturated rings. The third-order valence-corrected chi connectivity index (χ3v) is 2.96. The highest BCUT2D eigenvalue weighted by Crippen LogP contribution is 2.21. The summed E-state index contributed by atoms with van der Waals surface area (Å²) >= 11 is 0. The third kappa shape index (κ3) is 6.83. The van der Waals surface area contributed by atoms with E-state index in [0.29, 0.717) is 0 Å². The number of amides is 1. The van der Waals surface area contributed by atoms with Gasteiger partial charge in [0.05, 0.1) is 5.60 Å². The van der Waals surface area contributed by atoms with Gasteiger partial charge in [-0.25, -0.2) is 0 Å². The third-order valence-electron chi connectivity index (χ3n) is 2.96. The van der Waals surface area contributed by atoms with Gasteiger partial charge < -0.3 is 9.64 Å². The number of hydrogen-bond donors (Lipinski definition) is 0. The smallest absolute Gasteiger partial charge is 0.209 e. The van der Waals surface area contributed by atoms with Crippen LogP contribution in [0.2, 0.25) is 0 Å². The number of methoxy groups -OCH3 is 1. The number of rotatable bonds is 2. The molecule has 3 heteroatoms. The lowest BCUT2D eigenvalue weighted by Gasteiger charge is -2.14. The largest absolute Gasteiger partial charge is 0.379 e. The average Bonchev–Trinajstić information content (AvgIpc) is 2.66. The Balaban J connectivity index is 0.000000325. The van der Waals surface area contributed by atoms with Crippen LogP contribution in [0, 0.1) is 11.8 Å². The van der Waals surface area contributed by atoms with Gasteiger partial charge in [0.25, 0.3) is 0 Å². The van der Waals surface area contributed by atoms with Crippen LogP contribution in [0.15, 0.2) is 0 Å². The van der Waals surface area contributed by atoms with Crippen molar-refractivity contribution >= 4 is 6.41 Å². The molecule has 0 radical (unpaired) electrons. The molecule has 0 aromatic carbocycles. The summed E-state index contributed by atoms with van der Waals surface area (Å²) in [5.41, 5.74) is 0.0417. The molecule has 1 amide bonds. The number of nitrogens with zero attached hydrogens (tertiary/aromatic N) is 1. The number of likely N-dealkylation sites (tertiary alicyclic amines) is 1. The Bertz CT molecular complexity index is 197. The van der Waals surface area contributed by atoms with E-state index in [2.05, 4.69) is 13.8 Å². The average molecular weight is 229 g/mol. The second kappa shape index (κ2) is 6.89. The van der Waals surface area contributed by atoms with Gasteiger partial charge in [-0.15, -0.1) is 0 Å². The quantitative estimate of drug-likeness (QED) is 0.681. The van der Waals surface area contributed by atoms with Crippen molar-refractivity contribution < 1.29 is 9.53 Å². The Hall–Kier alpha value is -0.570. The van der Waals surface area contributed by atoms with Crippen molar-refractivity contribution in [1.29, 1.82) is 0 Å². The summed E-state index contributed by atoms with van der Waals surface area (Å²) in [6.07, 6.45) is 2.15. The molecule has 1 heterocycles. The molecule has 3 nitrogen and oxygen atoms in total. The van der Waals surface area contributed by atoms with Crippen LogP contribution in [0.3, 0.4) is 0 Å². The molecular weight excluding hydrogens is 202 g/mol. The summed E-state index contributed by atoms with van der Waals surface area (Å²) < 4.78 is 4.94. The molecule has 1 saturated heterocycles. The summed E-state index contributed by atoms with van der Waals surface area (Å²) in [6.45, 7) is 12.4. The van der Waals surface area contributed by atoms with Crippen molar-refractivity contribution in [2.24, 2.45) is 11.8 Å². The molecule has 16 heavy (non-hydrogen) atoms. The summed E-state index contributed by atoms with van der Waals surface area (Å²) in [4.78, 5) is 12.2. The minimum absolute atomic E-state index is 0.0417. The molecule has 0 aromatic rings. The first-order chi connectivity index (χ1) is 7.30. The Labute approximate surface area is 100 Å². The van der Waals surface area contributed by atoms with E-state index in [4.69, 9.17) is 4.74 Å². The van der Waals surface area contributed by atoms with Gasteiger partial charge in [-0.05, 0) is 39.0 Å². The first kappa shape index (κ1) is 15.4. The lowest BCUT2D eigenvalue weighted by Crippen LogP contribution is -2.19. The van der Waals surface area contributed by atoms with Crippen molar-refractivity contribution in [2.75, 3.05) is 20.2 Å². The van der Waals surface area contributed by atoms with Crippen molar-refractivity contribution in [2.45, 2.75) is 46.6 Å². The second-order valence-electron chi connectivity index (χ2n) is 5.71. The molecule has 1 rings (SSSR count). The van der Waals surface area contributed by atoms with Crippen molar-refractivity contribution in [3.63, 3.8) is 0 Å². The van der Waals surface area contributed by atoms with E-state index in [1.165, 1.54) is 6.42 Å². The van der Waals surface area contributed by atoms with Crippen molar-refractivity contribution in [3.8, 4) is 0 Å². The topological polar surface area (TPSA) is 29.5 Å². The van der Waals surface area contributed by atoms with E-state index in [-0.39, 0.29) is 5.60 Å². The molecule has 0 saturated carbocycles. The Kier molecular flexibility index (Phi) is 6.65. The second-order valence-corrected chi connectivity index (χ2v) is 5.71. The van der Waals surface area contributed by atoms with Gasteiger partial charge in [0, 0.05) is 20.2 Å². The van der Waals surface area contributed by atoms with E-state index in [1.54, 1.807) is 7.11 Å². The van der Waals surface area contributed by atoms with Gasteiger partial charge >= 0.3 is 0 Å². The number of carbonyl (C=O) groups is 1. The highest BCUT2D eigenvalue weighted by molar-refractivity contribution is 5.47. The lowest BCUT2D eigenvalue weighted by atomic mass is 9.95. The highest BCUT2D eigenvalue weighted by Gasteiger charge is 2.23. The van der Waals surface area contributed by atoms with Gasteiger partial charge in [-0.3, -0.25) is 4.79 Å². The highest BCUT2D eigenvalue weighted by atomic mass is 16.5. The number of carbonyl (C=O) groups excluding carboxylic acids is 1. The van der Waals surface area contributed by atoms with E-state index in [0.717, 1.165) is 31.3 Å². The zero-order valence-corrected chi connectivity index (χ0v) is 11.6. The van der Waals surface area contributed by atoms with Crippen LogP contribution in [0.1, 0.15) is 41.0 Å². The van der Waals surface area contributed by atoms with Crippen molar-refractivity contribution in [3.05, 3.63) is 0 Å². The summed E-state index contributed by atoms with van der Waals surface area (Å²) in [7, 11) is 1.71. The zero-order chi connectivity index (χ0) is 12.8. The summed E-state index contributed by atoms with van der Waals surface area (Å²) in [6, 6.07) is 0. The lowest BCUT2D eigenvalue weighted by molar-refractivity contribution is -0.117. The minimum atomic E-state index is 0.0417. The summed E-state index contributed by atoms with van der Waals surface area (Å²) in [5.74, 6) is 1.47. The van der Waals surface area contributed by atoms with E-state index in [9.17, 15) is 4.79 Å². The van der Waals surface area contributed by atoms with Crippen LogP contribution in [0.5, 0.6) is 0 Å². The van der Waals surface area contributed by atoms with E-state index in [1.807, 2.05) is 25.7 Å². The maximum atomic E-state index is 10.3. The fraction of sp³-hybridized carbons (Fsp3) is 0.923. The normalized spacial score (nSPS) is 20.7. The van der Waals surface area contributed by atoms with Crippen LogP contribution in [-0.4, -0.2) is 37.1 Å². The number of hydrogen-bond acceptors (Lipinski definition) is 2. The maximum Gasteiger partial charge on any atom is 0.209 e. The van der Waals surface area contributed by atoms with E-state index >= 15 is 0 Å². The molecule has 0 spiro atoms. The monoisotopic (exact) mass is 229 g/mol. The molecule has 0 N–H and O–H groups in total. The standard InChI is InChI=1S/C8H15NO.C5H12O/c1-7(2)8-3-4-9(5-8)6-10;1-5(2,3)6-4/h6-8H,3-5H2,1-2H3;1-4H3. The van der Waals surface area contributed by atoms with Gasteiger partial charge in [-0.1, -0.05) is 13.8 Å². The predicted octanol–water partition coefficient (Wildman–Crippen LogP) is 2.55. The van der Waals surface area contributed by atoms with E-state index < -0.39 is 0 Å². The molecular formula is C13H27NO2.